The molecule has 0 spiro atoms. The van der Waals surface area contributed by atoms with Crippen LogP contribution in [0.4, 0.5) is 0 Å². The van der Waals surface area contributed by atoms with Crippen molar-refractivity contribution in [1.29, 1.82) is 0 Å². The minimum Gasteiger partial charge on any atom is -0.507 e. The van der Waals surface area contributed by atoms with Gasteiger partial charge in [0.05, 0.1) is 14.2 Å². The van der Waals surface area contributed by atoms with Gasteiger partial charge >= 0.3 is 11.9 Å². The Bertz CT molecular complexity index is 2330. The third-order valence-corrected chi connectivity index (χ3v) is 15.3. The minimum absolute atomic E-state index is 0.133. The average Bonchev–Trinajstić information content (AvgIpc) is 3.23. The normalized spacial score (nSPS) is 17.1. The van der Waals surface area contributed by atoms with Gasteiger partial charge in [-0.3, -0.25) is 19.4 Å². The van der Waals surface area contributed by atoms with Crippen molar-refractivity contribution in [2.45, 2.75) is 209 Å². The second-order valence-corrected chi connectivity index (χ2v) is 26.6. The van der Waals surface area contributed by atoms with E-state index in [9.17, 15) is 30.0 Å². The van der Waals surface area contributed by atoms with Gasteiger partial charge in [-0.15, -0.1) is 0 Å². The fraction of sp³-hybridized carbons (Fsp3) is 0.581. The molecule has 10 nitrogen and oxygen atoms in total. The monoisotopic (exact) mass is 991 g/mol. The maximum atomic E-state index is 14.1. The van der Waals surface area contributed by atoms with Gasteiger partial charge in [-0.25, -0.2) is 0 Å². The van der Waals surface area contributed by atoms with Gasteiger partial charge in [0.15, 0.2) is 0 Å². The molecule has 72 heavy (non-hydrogen) atoms. The first-order valence-corrected chi connectivity index (χ1v) is 25.9. The maximum absolute atomic E-state index is 14.1. The van der Waals surface area contributed by atoms with Crippen molar-refractivity contribution >= 4 is 11.9 Å². The van der Waals surface area contributed by atoms with E-state index in [4.69, 9.17) is 9.47 Å². The topological polar surface area (TPSA) is 140 Å². The average molecular weight is 991 g/mol. The van der Waals surface area contributed by atoms with Gasteiger partial charge < -0.3 is 29.9 Å². The molecule has 0 saturated carbocycles. The Hall–Kier alpha value is -5.06. The number of esters is 2. The minimum atomic E-state index is -0.762. The van der Waals surface area contributed by atoms with Crippen LogP contribution in [0.1, 0.15) is 205 Å². The van der Waals surface area contributed by atoms with E-state index >= 15 is 0 Å². The van der Waals surface area contributed by atoms with Crippen LogP contribution in [0, 0.1) is 11.8 Å². The number of hydrogen-bond acceptors (Lipinski definition) is 10. The molecule has 0 amide bonds. The van der Waals surface area contributed by atoms with Crippen LogP contribution in [0.5, 0.6) is 23.0 Å². The van der Waals surface area contributed by atoms with Crippen LogP contribution in [0.2, 0.25) is 0 Å². The van der Waals surface area contributed by atoms with Gasteiger partial charge in [-0.05, 0) is 102 Å². The first kappa shape index (κ1) is 57.8. The van der Waals surface area contributed by atoms with Crippen molar-refractivity contribution in [2.24, 2.45) is 11.8 Å². The molecular weight excluding hydrogens is 901 g/mol. The molecule has 0 aliphatic carbocycles. The molecule has 1 aliphatic rings. The van der Waals surface area contributed by atoms with E-state index in [0.29, 0.717) is 22.3 Å². The Morgan fingerprint density at radius 1 is 0.431 bits per heavy atom. The van der Waals surface area contributed by atoms with E-state index in [-0.39, 0.29) is 61.0 Å². The molecule has 4 aromatic carbocycles. The molecule has 396 valence electrons. The van der Waals surface area contributed by atoms with Crippen LogP contribution in [0.25, 0.3) is 0 Å². The van der Waals surface area contributed by atoms with E-state index in [1.807, 2.05) is 61.8 Å². The summed E-state index contributed by atoms with van der Waals surface area (Å²) in [6.07, 6.45) is 0. The summed E-state index contributed by atoms with van der Waals surface area (Å²) in [5, 5.41) is 50.0. The molecule has 8 bridgehead atoms. The number of carbonyl (C=O) groups excluding carboxylic acids is 2. The van der Waals surface area contributed by atoms with Crippen molar-refractivity contribution < 1.29 is 39.5 Å². The van der Waals surface area contributed by atoms with E-state index in [0.717, 1.165) is 44.5 Å². The number of benzene rings is 4. The summed E-state index contributed by atoms with van der Waals surface area (Å²) >= 11 is 0. The highest BCUT2D eigenvalue weighted by molar-refractivity contribution is 5.76. The van der Waals surface area contributed by atoms with Crippen LogP contribution in [0.15, 0.2) is 48.5 Å². The number of rotatable bonds is 6. The van der Waals surface area contributed by atoms with Gasteiger partial charge in [0.1, 0.15) is 35.1 Å². The van der Waals surface area contributed by atoms with Crippen molar-refractivity contribution in [3.05, 3.63) is 115 Å². The number of aromatic hydroxyl groups is 4. The Morgan fingerprint density at radius 2 is 0.625 bits per heavy atom. The Labute approximate surface area is 433 Å². The third kappa shape index (κ3) is 11.7. The number of nitrogens with zero attached hydrogens (tertiary/aromatic N) is 2. The number of phenolic OH excluding ortho intramolecular Hbond substituents is 4. The first-order chi connectivity index (χ1) is 32.8. The van der Waals surface area contributed by atoms with Crippen LogP contribution < -0.4 is 0 Å². The third-order valence-electron chi connectivity index (χ3n) is 15.3. The highest BCUT2D eigenvalue weighted by atomic mass is 16.5. The number of phenols is 4. The second kappa shape index (κ2) is 20.3. The summed E-state index contributed by atoms with van der Waals surface area (Å²) in [7, 11) is 2.79. The molecule has 4 aromatic rings. The largest absolute Gasteiger partial charge is 0.507 e. The fourth-order valence-corrected chi connectivity index (χ4v) is 10.6. The zero-order valence-electron chi connectivity index (χ0n) is 48.1. The molecule has 0 unspecified atom stereocenters. The molecule has 2 atom stereocenters. The molecule has 0 aromatic heterocycles. The molecule has 10 heteroatoms. The van der Waals surface area contributed by atoms with E-state index in [2.05, 4.69) is 135 Å². The summed E-state index contributed by atoms with van der Waals surface area (Å²) in [6, 6.07) is 14.9. The molecule has 5 rings (SSSR count). The first-order valence-electron chi connectivity index (χ1n) is 25.9. The van der Waals surface area contributed by atoms with E-state index in [1.165, 1.54) is 14.2 Å². The molecule has 1 heterocycles. The lowest BCUT2D eigenvalue weighted by Crippen LogP contribution is -2.45. The number of hydrogen-bond donors (Lipinski definition) is 4. The quantitative estimate of drug-likeness (QED) is 0.138. The van der Waals surface area contributed by atoms with Crippen LogP contribution >= 0.6 is 0 Å². The lowest BCUT2D eigenvalue weighted by atomic mass is 9.72. The Morgan fingerprint density at radius 3 is 0.778 bits per heavy atom. The van der Waals surface area contributed by atoms with Crippen molar-refractivity contribution in [2.75, 3.05) is 14.2 Å². The Kier molecular flexibility index (Phi) is 16.3. The fourth-order valence-electron chi connectivity index (χ4n) is 10.6. The maximum Gasteiger partial charge on any atom is 0.323 e. The second-order valence-electron chi connectivity index (χ2n) is 26.6. The van der Waals surface area contributed by atoms with Gasteiger partial charge in [0.2, 0.25) is 0 Å². The summed E-state index contributed by atoms with van der Waals surface area (Å²) in [5.74, 6) is -0.746. The summed E-state index contributed by atoms with van der Waals surface area (Å²) in [6.45, 7) is 42.0. The standard InChI is InChI=1S/C62H90N2O8/c1-35(2)49(55(69)71-21)63-31-37-23-41(27-45(51(37)65)57(5,6)7)61(17,18)43-25-39(53(67)47(29-43)59(11,12)13)33-64(50(36(3)4)56(70)72-22)34-40-26-44(30-48(54(40)68)60(14,15)16)62(19,20)42-24-38(32-63)52(66)46(28-42)58(8,9)10/h23-30,35-36,49-50,65-68H,31-34H2,1-22H3/t49-,50-/m1/s1. The highest BCUT2D eigenvalue weighted by Gasteiger charge is 2.39. The lowest BCUT2D eigenvalue weighted by molar-refractivity contribution is -0.150. The molecule has 4 N–H and O–H groups in total. The number of methoxy groups -OCH3 is 2. The summed E-state index contributed by atoms with van der Waals surface area (Å²) < 4.78 is 11.1. The molecular formula is C62H90N2O8. The predicted molar refractivity (Wildman–Crippen MR) is 291 cm³/mol. The Balaban J connectivity index is 2.06. The highest BCUT2D eigenvalue weighted by Crippen LogP contribution is 2.47. The van der Waals surface area contributed by atoms with Crippen LogP contribution in [0.3, 0.4) is 0 Å². The van der Waals surface area contributed by atoms with Crippen LogP contribution in [-0.2, 0) is 77.7 Å². The molecule has 0 fully saturated rings. The molecule has 0 saturated heterocycles. The van der Waals surface area contributed by atoms with E-state index in [1.54, 1.807) is 0 Å². The van der Waals surface area contributed by atoms with E-state index < -0.39 is 56.5 Å². The van der Waals surface area contributed by atoms with Crippen LogP contribution in [-0.4, -0.2) is 68.5 Å². The zero-order valence-corrected chi connectivity index (χ0v) is 48.1. The number of carbonyl (C=O) groups is 2. The van der Waals surface area contributed by atoms with Gasteiger partial charge in [-0.1, -0.05) is 163 Å². The SMILES string of the molecule is COC(=O)[C@@H](C(C)C)N1Cc2cc(cc(C(C)(C)C)c2O)C(C)(C)c2cc(c(O)c(C(C)(C)C)c2)CN([C@@H](C(=O)OC)C(C)C)Cc2cc(cc(C(C)(C)C)c2O)C(C)(C)c2cc(c(O)c(C(C)(C)C)c2)C1. The number of fused-ring (bicyclic) bond motifs is 8. The predicted octanol–water partition coefficient (Wildman–Crippen LogP) is 13.1. The van der Waals surface area contributed by atoms with Gasteiger partial charge in [0.25, 0.3) is 0 Å². The summed E-state index contributed by atoms with van der Waals surface area (Å²) in [5.41, 5.74) is 5.56. The van der Waals surface area contributed by atoms with Crippen molar-refractivity contribution in [3.63, 3.8) is 0 Å². The lowest BCUT2D eigenvalue weighted by Gasteiger charge is -2.37. The molecule has 0 radical (unpaired) electrons. The molecule has 1 aliphatic heterocycles. The van der Waals surface area contributed by atoms with Gasteiger partial charge in [0, 0.05) is 59.3 Å². The summed E-state index contributed by atoms with van der Waals surface area (Å²) in [4.78, 5) is 32.2. The smallest absolute Gasteiger partial charge is 0.323 e. The van der Waals surface area contributed by atoms with Gasteiger partial charge in [-0.2, -0.15) is 0 Å². The van der Waals surface area contributed by atoms with Crippen molar-refractivity contribution in [1.82, 2.24) is 9.80 Å². The van der Waals surface area contributed by atoms with Crippen molar-refractivity contribution in [3.8, 4) is 23.0 Å². The zero-order chi connectivity index (χ0) is 54.8. The number of ether oxygens (including phenoxy) is 2.